The molecule has 1 saturated heterocycles. The first-order valence-electron chi connectivity index (χ1n) is 6.70. The highest BCUT2D eigenvalue weighted by Crippen LogP contribution is 2.32. The zero-order chi connectivity index (χ0) is 13.2. The molecule has 2 aromatic rings. The zero-order valence-corrected chi connectivity index (χ0v) is 11.0. The average molecular weight is 257 g/mol. The number of pyridine rings is 1. The molecule has 0 aliphatic carbocycles. The Balaban J connectivity index is 1.92. The monoisotopic (exact) mass is 257 g/mol. The summed E-state index contributed by atoms with van der Waals surface area (Å²) in [7, 11) is 0. The molecule has 1 fully saturated rings. The molecule has 0 radical (unpaired) electrons. The van der Waals surface area contributed by atoms with E-state index in [9.17, 15) is 0 Å². The van der Waals surface area contributed by atoms with Crippen LogP contribution in [0.15, 0.2) is 36.5 Å². The lowest BCUT2D eigenvalue weighted by Gasteiger charge is -2.22. The molecule has 100 valence electrons. The highest BCUT2D eigenvalue weighted by atomic mass is 16.5. The van der Waals surface area contributed by atoms with Gasteiger partial charge in [0.2, 0.25) is 0 Å². The number of hydrogen-bond acceptors (Lipinski definition) is 4. The highest BCUT2D eigenvalue weighted by Gasteiger charge is 2.30. The van der Waals surface area contributed by atoms with E-state index in [1.807, 2.05) is 12.3 Å². The molecule has 4 heteroatoms. The molecule has 0 spiro atoms. The number of aromatic nitrogens is 1. The van der Waals surface area contributed by atoms with Gasteiger partial charge in [-0.15, -0.1) is 0 Å². The maximum absolute atomic E-state index is 5.75. The first-order chi connectivity index (χ1) is 9.28. The van der Waals surface area contributed by atoms with Crippen LogP contribution in [0.25, 0.3) is 10.9 Å². The maximum Gasteiger partial charge on any atom is 0.0705 e. The molecule has 0 bridgehead atoms. The van der Waals surface area contributed by atoms with Crippen LogP contribution >= 0.6 is 0 Å². The van der Waals surface area contributed by atoms with Crippen molar-refractivity contribution < 1.29 is 4.74 Å². The van der Waals surface area contributed by atoms with Crippen LogP contribution in [0.3, 0.4) is 0 Å². The number of nitrogens with two attached hydrogens (primary N) is 1. The SMILES string of the molecule is CC1CC(C(NN)c2ccc3cccnc3c2)CO1. The third-order valence-corrected chi connectivity index (χ3v) is 3.87. The number of hydrazine groups is 1. The van der Waals surface area contributed by atoms with Crippen molar-refractivity contribution in [2.24, 2.45) is 11.8 Å². The number of nitrogens with zero attached hydrogens (tertiary/aromatic N) is 1. The fraction of sp³-hybridized carbons (Fsp3) is 0.400. The summed E-state index contributed by atoms with van der Waals surface area (Å²) in [6.07, 6.45) is 3.17. The van der Waals surface area contributed by atoms with Crippen LogP contribution in [0.1, 0.15) is 24.9 Å². The van der Waals surface area contributed by atoms with E-state index in [0.717, 1.165) is 23.9 Å². The maximum atomic E-state index is 5.75. The Kier molecular flexibility index (Phi) is 3.46. The third kappa shape index (κ3) is 2.47. The summed E-state index contributed by atoms with van der Waals surface area (Å²) in [5, 5.41) is 1.15. The van der Waals surface area contributed by atoms with Crippen LogP contribution < -0.4 is 11.3 Å². The minimum atomic E-state index is 0.122. The standard InChI is InChI=1S/C15H19N3O/c1-10-7-13(9-19-10)15(18-16)12-5-4-11-3-2-6-17-14(11)8-12/h2-6,8,10,13,15,18H,7,9,16H2,1H3. The number of rotatable bonds is 3. The van der Waals surface area contributed by atoms with Crippen molar-refractivity contribution in [3.8, 4) is 0 Å². The summed E-state index contributed by atoms with van der Waals surface area (Å²) >= 11 is 0. The third-order valence-electron chi connectivity index (χ3n) is 3.87. The zero-order valence-electron chi connectivity index (χ0n) is 11.0. The van der Waals surface area contributed by atoms with Gasteiger partial charge in [0.25, 0.3) is 0 Å². The Labute approximate surface area is 112 Å². The second kappa shape index (κ2) is 5.25. The minimum absolute atomic E-state index is 0.122. The summed E-state index contributed by atoms with van der Waals surface area (Å²) < 4.78 is 5.65. The lowest BCUT2D eigenvalue weighted by molar-refractivity contribution is 0.117. The van der Waals surface area contributed by atoms with Gasteiger partial charge in [-0.1, -0.05) is 18.2 Å². The van der Waals surface area contributed by atoms with Gasteiger partial charge in [-0.25, -0.2) is 0 Å². The van der Waals surface area contributed by atoms with Gasteiger partial charge in [0.05, 0.1) is 24.3 Å². The van der Waals surface area contributed by atoms with E-state index < -0.39 is 0 Å². The lowest BCUT2D eigenvalue weighted by atomic mass is 9.91. The van der Waals surface area contributed by atoms with E-state index in [0.29, 0.717) is 12.0 Å². The summed E-state index contributed by atoms with van der Waals surface area (Å²) in [6, 6.07) is 10.5. The van der Waals surface area contributed by atoms with Gasteiger partial charge in [0.15, 0.2) is 0 Å². The van der Waals surface area contributed by atoms with Crippen LogP contribution in [0.4, 0.5) is 0 Å². The molecule has 3 rings (SSSR count). The van der Waals surface area contributed by atoms with E-state index in [2.05, 4.69) is 41.6 Å². The molecule has 1 aromatic heterocycles. The Morgan fingerprint density at radius 3 is 3.05 bits per heavy atom. The summed E-state index contributed by atoms with van der Waals surface area (Å²) in [5.74, 6) is 6.17. The van der Waals surface area contributed by atoms with Gasteiger partial charge < -0.3 is 4.74 Å². The van der Waals surface area contributed by atoms with Crippen molar-refractivity contribution in [2.45, 2.75) is 25.5 Å². The Morgan fingerprint density at radius 1 is 1.42 bits per heavy atom. The molecule has 4 nitrogen and oxygen atoms in total. The van der Waals surface area contributed by atoms with Crippen molar-refractivity contribution in [1.29, 1.82) is 0 Å². The van der Waals surface area contributed by atoms with Crippen molar-refractivity contribution >= 4 is 10.9 Å². The van der Waals surface area contributed by atoms with Crippen LogP contribution in [0.5, 0.6) is 0 Å². The van der Waals surface area contributed by atoms with Crippen molar-refractivity contribution in [2.75, 3.05) is 6.61 Å². The van der Waals surface area contributed by atoms with Gasteiger partial charge in [-0.05, 0) is 31.0 Å². The topological polar surface area (TPSA) is 60.2 Å². The molecule has 0 amide bonds. The molecule has 19 heavy (non-hydrogen) atoms. The van der Waals surface area contributed by atoms with Crippen LogP contribution in [0, 0.1) is 5.92 Å². The molecule has 0 saturated carbocycles. The molecule has 1 aliphatic rings. The predicted octanol–water partition coefficient (Wildman–Crippen LogP) is 2.16. The minimum Gasteiger partial charge on any atom is -0.378 e. The molecular formula is C15H19N3O. The number of fused-ring (bicyclic) bond motifs is 1. The number of ether oxygens (including phenoxy) is 1. The van der Waals surface area contributed by atoms with Crippen molar-refractivity contribution in [3.05, 3.63) is 42.1 Å². The molecular weight excluding hydrogens is 238 g/mol. The molecule has 3 N–H and O–H groups in total. The van der Waals surface area contributed by atoms with E-state index in [-0.39, 0.29) is 6.04 Å². The molecule has 2 heterocycles. The Bertz CT molecular complexity index is 572. The summed E-state index contributed by atoms with van der Waals surface area (Å²) in [6.45, 7) is 2.87. The van der Waals surface area contributed by atoms with Crippen LogP contribution in [-0.4, -0.2) is 17.7 Å². The quantitative estimate of drug-likeness (QED) is 0.653. The average Bonchev–Trinajstić information content (AvgIpc) is 2.86. The first-order valence-corrected chi connectivity index (χ1v) is 6.70. The summed E-state index contributed by atoms with van der Waals surface area (Å²) in [4.78, 5) is 4.40. The smallest absolute Gasteiger partial charge is 0.0705 e. The van der Waals surface area contributed by atoms with Gasteiger partial charge in [0.1, 0.15) is 0 Å². The number of hydrogen-bond donors (Lipinski definition) is 2. The van der Waals surface area contributed by atoms with E-state index >= 15 is 0 Å². The first kappa shape index (κ1) is 12.5. The van der Waals surface area contributed by atoms with Gasteiger partial charge in [-0.3, -0.25) is 16.3 Å². The lowest BCUT2D eigenvalue weighted by Crippen LogP contribution is -2.34. The van der Waals surface area contributed by atoms with Crippen LogP contribution in [0.2, 0.25) is 0 Å². The summed E-state index contributed by atoms with van der Waals surface area (Å²) in [5.41, 5.74) is 5.12. The van der Waals surface area contributed by atoms with Gasteiger partial charge in [0, 0.05) is 17.5 Å². The van der Waals surface area contributed by atoms with E-state index in [4.69, 9.17) is 10.6 Å². The predicted molar refractivity (Wildman–Crippen MR) is 75.3 cm³/mol. The molecule has 1 aliphatic heterocycles. The second-order valence-corrected chi connectivity index (χ2v) is 5.24. The van der Waals surface area contributed by atoms with Crippen molar-refractivity contribution in [3.63, 3.8) is 0 Å². The number of nitrogens with one attached hydrogen (secondary N) is 1. The normalized spacial score (nSPS) is 24.7. The molecule has 1 aromatic carbocycles. The molecule has 3 unspecified atom stereocenters. The van der Waals surface area contributed by atoms with Crippen LogP contribution in [-0.2, 0) is 4.74 Å². The fourth-order valence-corrected chi connectivity index (χ4v) is 2.86. The van der Waals surface area contributed by atoms with Gasteiger partial charge >= 0.3 is 0 Å². The Hall–Kier alpha value is -1.49. The van der Waals surface area contributed by atoms with Gasteiger partial charge in [-0.2, -0.15) is 0 Å². The second-order valence-electron chi connectivity index (χ2n) is 5.24. The van der Waals surface area contributed by atoms with E-state index in [1.54, 1.807) is 0 Å². The number of benzene rings is 1. The van der Waals surface area contributed by atoms with Crippen molar-refractivity contribution in [1.82, 2.24) is 10.4 Å². The fourth-order valence-electron chi connectivity index (χ4n) is 2.86. The largest absolute Gasteiger partial charge is 0.378 e. The Morgan fingerprint density at radius 2 is 2.32 bits per heavy atom. The molecule has 3 atom stereocenters. The highest BCUT2D eigenvalue weighted by molar-refractivity contribution is 5.79. The van der Waals surface area contributed by atoms with E-state index in [1.165, 1.54) is 5.56 Å².